The van der Waals surface area contributed by atoms with Gasteiger partial charge in [0.25, 0.3) is 0 Å². The summed E-state index contributed by atoms with van der Waals surface area (Å²) >= 11 is 0. The van der Waals surface area contributed by atoms with Gasteiger partial charge < -0.3 is 18.9 Å². The van der Waals surface area contributed by atoms with Crippen molar-refractivity contribution in [3.8, 4) is 40.2 Å². The second-order valence-corrected chi connectivity index (χ2v) is 15.8. The van der Waals surface area contributed by atoms with Crippen molar-refractivity contribution < 1.29 is 32.5 Å². The maximum absolute atomic E-state index is 14.4. The molecule has 0 aliphatic rings. The average Bonchev–Trinajstić information content (AvgIpc) is 3.42. The summed E-state index contributed by atoms with van der Waals surface area (Å²) < 4.78 is 51.3. The van der Waals surface area contributed by atoms with Gasteiger partial charge in [-0.05, 0) is 55.9 Å². The maximum Gasteiger partial charge on any atom is 0.323 e. The third-order valence-electron chi connectivity index (χ3n) is 7.04. The normalized spacial score (nSPS) is 12.2. The van der Waals surface area contributed by atoms with Crippen molar-refractivity contribution in [2.45, 2.75) is 27.5 Å². The summed E-state index contributed by atoms with van der Waals surface area (Å²) in [6.07, 6.45) is 6.20. The molecule has 4 aromatic rings. The standard InChI is InChI=1S/C32H38F2N4O5S/c1-7-44(5,6)17-16-41-21-38-31(43-27-14-13-25(33)18-26(27)34)36-29(37-38)23-10-8-22(9-11-23)24-12-15-28(35-19-24)42-20-32(2,3)30(39)40-4/h8-15,18-19H,7,16-17,20-21H2,1-6H3. The number of nitrogens with zero attached hydrogens (tertiary/aromatic N) is 4. The van der Waals surface area contributed by atoms with E-state index < -0.39 is 27.1 Å². The van der Waals surface area contributed by atoms with E-state index in [4.69, 9.17) is 18.9 Å². The van der Waals surface area contributed by atoms with Crippen LogP contribution >= 0.6 is 10.0 Å². The molecule has 4 rings (SSSR count). The molecule has 2 aromatic heterocycles. The SMILES string of the molecule is CCS(C)(C)CCOCn1nc(-c2ccc(-c3ccc(OCC(C)(C)C(=O)OC)nc3)cc2)nc1Oc1ccc(F)cc1F. The average molecular weight is 629 g/mol. The predicted molar refractivity (Wildman–Crippen MR) is 167 cm³/mol. The van der Waals surface area contributed by atoms with Crippen LogP contribution in [0.5, 0.6) is 17.6 Å². The first-order chi connectivity index (χ1) is 20.9. The molecule has 2 aromatic carbocycles. The highest BCUT2D eigenvalue weighted by Gasteiger charge is 2.30. The van der Waals surface area contributed by atoms with Gasteiger partial charge in [-0.15, -0.1) is 5.10 Å². The Labute approximate surface area is 257 Å². The van der Waals surface area contributed by atoms with Gasteiger partial charge in [-0.2, -0.15) is 9.67 Å². The van der Waals surface area contributed by atoms with Crippen LogP contribution in [0.25, 0.3) is 22.5 Å². The van der Waals surface area contributed by atoms with Crippen LogP contribution in [0.1, 0.15) is 20.8 Å². The van der Waals surface area contributed by atoms with Crippen molar-refractivity contribution in [2.24, 2.45) is 5.41 Å². The zero-order valence-electron chi connectivity index (χ0n) is 25.8. The molecule has 0 saturated carbocycles. The van der Waals surface area contributed by atoms with Crippen LogP contribution in [-0.4, -0.2) is 70.1 Å². The molecule has 0 fully saturated rings. The molecule has 0 aliphatic heterocycles. The minimum Gasteiger partial charge on any atom is -0.476 e. The largest absolute Gasteiger partial charge is 0.476 e. The molecule has 0 atom stereocenters. The lowest BCUT2D eigenvalue weighted by Crippen LogP contribution is -2.32. The lowest BCUT2D eigenvalue weighted by molar-refractivity contribution is -0.152. The molecule has 0 unspecified atom stereocenters. The molecule has 12 heteroatoms. The second-order valence-electron chi connectivity index (χ2n) is 11.3. The van der Waals surface area contributed by atoms with Crippen LogP contribution in [0.15, 0.2) is 60.8 Å². The van der Waals surface area contributed by atoms with Crippen molar-refractivity contribution in [3.63, 3.8) is 0 Å². The molecule has 0 saturated heterocycles. The number of rotatable bonds is 14. The summed E-state index contributed by atoms with van der Waals surface area (Å²) in [5.41, 5.74) is 1.65. The zero-order valence-corrected chi connectivity index (χ0v) is 26.6. The first-order valence-electron chi connectivity index (χ1n) is 14.0. The summed E-state index contributed by atoms with van der Waals surface area (Å²) in [7, 11) is 0.607. The highest BCUT2D eigenvalue weighted by Crippen LogP contribution is 2.38. The van der Waals surface area contributed by atoms with E-state index >= 15 is 0 Å². The Kier molecular flexibility index (Phi) is 10.6. The van der Waals surface area contributed by atoms with Crippen molar-refractivity contribution >= 4 is 16.0 Å². The fourth-order valence-electron chi connectivity index (χ4n) is 3.88. The van der Waals surface area contributed by atoms with Gasteiger partial charge in [0.05, 0.1) is 19.1 Å². The molecule has 9 nitrogen and oxygen atoms in total. The first-order valence-corrected chi connectivity index (χ1v) is 16.8. The van der Waals surface area contributed by atoms with Crippen LogP contribution < -0.4 is 9.47 Å². The van der Waals surface area contributed by atoms with Gasteiger partial charge in [0.2, 0.25) is 5.88 Å². The van der Waals surface area contributed by atoms with E-state index in [1.807, 2.05) is 30.3 Å². The van der Waals surface area contributed by atoms with E-state index in [1.54, 1.807) is 26.1 Å². The second kappa shape index (κ2) is 14.2. The van der Waals surface area contributed by atoms with Crippen molar-refractivity contribution in [2.75, 3.05) is 44.3 Å². The van der Waals surface area contributed by atoms with Crippen LogP contribution in [0.2, 0.25) is 0 Å². The third-order valence-corrected chi connectivity index (χ3v) is 9.87. The van der Waals surface area contributed by atoms with E-state index in [2.05, 4.69) is 34.5 Å². The monoisotopic (exact) mass is 628 g/mol. The van der Waals surface area contributed by atoms with Gasteiger partial charge in [0, 0.05) is 35.2 Å². The Balaban J connectivity index is 1.49. The molecular formula is C32H38F2N4O5S. The topological polar surface area (TPSA) is 97.6 Å². The lowest BCUT2D eigenvalue weighted by Gasteiger charge is -2.29. The van der Waals surface area contributed by atoms with Crippen molar-refractivity contribution in [3.05, 3.63) is 72.4 Å². The van der Waals surface area contributed by atoms with Gasteiger partial charge in [-0.25, -0.2) is 23.8 Å². The van der Waals surface area contributed by atoms with Gasteiger partial charge in [0.1, 0.15) is 19.2 Å². The molecule has 236 valence electrons. The summed E-state index contributed by atoms with van der Waals surface area (Å²) in [4.78, 5) is 20.7. The highest BCUT2D eigenvalue weighted by atomic mass is 32.3. The number of halogens is 2. The predicted octanol–water partition coefficient (Wildman–Crippen LogP) is 6.71. The Morgan fingerprint density at radius 2 is 1.70 bits per heavy atom. The number of esters is 1. The zero-order chi connectivity index (χ0) is 31.9. The number of hydrogen-bond donors (Lipinski definition) is 0. The third kappa shape index (κ3) is 8.54. The minimum atomic E-state index is -0.850. The molecule has 0 spiro atoms. The summed E-state index contributed by atoms with van der Waals surface area (Å²) in [6.45, 7) is 6.37. The number of benzene rings is 2. The molecule has 44 heavy (non-hydrogen) atoms. The quantitative estimate of drug-likeness (QED) is 0.112. The maximum atomic E-state index is 14.4. The Morgan fingerprint density at radius 3 is 2.34 bits per heavy atom. The van der Waals surface area contributed by atoms with Crippen molar-refractivity contribution in [1.29, 1.82) is 0 Å². The molecule has 0 bridgehead atoms. The number of hydrogen-bond acceptors (Lipinski definition) is 8. The Morgan fingerprint density at radius 1 is 1.00 bits per heavy atom. The number of ether oxygens (including phenoxy) is 4. The van der Waals surface area contributed by atoms with Crippen LogP contribution in [0.3, 0.4) is 0 Å². The Bertz CT molecular complexity index is 1560. The van der Waals surface area contributed by atoms with Gasteiger partial charge >= 0.3 is 12.0 Å². The number of aromatic nitrogens is 4. The van der Waals surface area contributed by atoms with Crippen LogP contribution in [0.4, 0.5) is 8.78 Å². The molecule has 0 amide bonds. The van der Waals surface area contributed by atoms with E-state index in [0.717, 1.165) is 34.8 Å². The number of pyridine rings is 1. The highest BCUT2D eigenvalue weighted by molar-refractivity contribution is 8.32. The van der Waals surface area contributed by atoms with E-state index in [-0.39, 0.29) is 31.1 Å². The van der Waals surface area contributed by atoms with Crippen LogP contribution in [-0.2, 0) is 21.0 Å². The number of methoxy groups -OCH3 is 1. The molecule has 0 aliphatic carbocycles. The lowest BCUT2D eigenvalue weighted by atomic mass is 9.95. The van der Waals surface area contributed by atoms with Crippen LogP contribution in [0, 0.1) is 17.0 Å². The fraction of sp³-hybridized carbons (Fsp3) is 0.375. The number of carbonyl (C=O) groups excluding carboxylic acids is 1. The fourth-order valence-corrected chi connectivity index (χ4v) is 4.74. The summed E-state index contributed by atoms with van der Waals surface area (Å²) in [5.74, 6) is 0.686. The summed E-state index contributed by atoms with van der Waals surface area (Å²) in [5, 5.41) is 4.55. The minimum absolute atomic E-state index is 0.0202. The van der Waals surface area contributed by atoms with Gasteiger partial charge in [-0.3, -0.25) is 4.79 Å². The van der Waals surface area contributed by atoms with E-state index in [1.165, 1.54) is 17.9 Å². The molecule has 2 heterocycles. The van der Waals surface area contributed by atoms with E-state index in [0.29, 0.717) is 23.9 Å². The Hall–Kier alpha value is -4.03. The van der Waals surface area contributed by atoms with E-state index in [9.17, 15) is 13.6 Å². The van der Waals surface area contributed by atoms with Gasteiger partial charge in [-0.1, -0.05) is 31.2 Å². The molecule has 0 radical (unpaired) electrons. The summed E-state index contributed by atoms with van der Waals surface area (Å²) in [6, 6.07) is 14.2. The number of carbonyl (C=O) groups is 1. The molecular weight excluding hydrogens is 590 g/mol. The van der Waals surface area contributed by atoms with Crippen molar-refractivity contribution in [1.82, 2.24) is 19.7 Å². The molecule has 0 N–H and O–H groups in total. The first kappa shape index (κ1) is 32.9. The van der Waals surface area contributed by atoms with Gasteiger partial charge in [0.15, 0.2) is 17.4 Å². The smallest absolute Gasteiger partial charge is 0.323 e.